The smallest absolute Gasteiger partial charge is 0.247 e. The number of hydrogen-bond donors (Lipinski definition) is 1. The van der Waals surface area contributed by atoms with Crippen LogP contribution in [0.1, 0.15) is 58.9 Å². The van der Waals surface area contributed by atoms with Gasteiger partial charge in [-0.3, -0.25) is 14.4 Å². The Kier molecular flexibility index (Phi) is 8.91. The summed E-state index contributed by atoms with van der Waals surface area (Å²) < 4.78 is -1.10. The molecule has 0 radical (unpaired) electrons. The molecule has 8 heteroatoms. The number of benzene rings is 1. The Hall–Kier alpha value is -2.58. The highest BCUT2D eigenvalue weighted by Crippen LogP contribution is 2.71. The van der Waals surface area contributed by atoms with Gasteiger partial charge in [0.15, 0.2) is 0 Å². The fourth-order valence-corrected chi connectivity index (χ4v) is 9.42. The van der Waals surface area contributed by atoms with Gasteiger partial charge in [0.1, 0.15) is 6.04 Å². The third-order valence-corrected chi connectivity index (χ3v) is 10.8. The highest BCUT2D eigenvalue weighted by Gasteiger charge is 2.77. The Morgan fingerprint density at radius 2 is 1.77 bits per heavy atom. The lowest BCUT2D eigenvalue weighted by atomic mass is 9.66. The van der Waals surface area contributed by atoms with Crippen LogP contribution in [0.4, 0.5) is 0 Å². The second kappa shape index (κ2) is 11.7. The summed E-state index contributed by atoms with van der Waals surface area (Å²) in [6, 6.07) is 9.21. The molecule has 3 amide bonds. The first-order valence-corrected chi connectivity index (χ1v) is 15.2. The Morgan fingerprint density at radius 1 is 1.10 bits per heavy atom. The van der Waals surface area contributed by atoms with Crippen molar-refractivity contribution in [2.45, 2.75) is 81.0 Å². The van der Waals surface area contributed by atoms with Gasteiger partial charge in [-0.2, -0.15) is 0 Å². The second-order valence-corrected chi connectivity index (χ2v) is 14.5. The van der Waals surface area contributed by atoms with E-state index in [2.05, 4.69) is 20.1 Å². The minimum absolute atomic E-state index is 0.0315. The zero-order valence-corrected chi connectivity index (χ0v) is 25.3. The Bertz CT molecular complexity index is 1130. The number of unbranched alkanes of at least 4 members (excludes halogenated alkanes) is 1. The summed E-state index contributed by atoms with van der Waals surface area (Å²) in [5, 5.41) is 9.44. The van der Waals surface area contributed by atoms with E-state index in [1.807, 2.05) is 60.9 Å². The molecule has 3 heterocycles. The molecule has 3 aliphatic heterocycles. The van der Waals surface area contributed by atoms with Crippen LogP contribution in [0.3, 0.4) is 0 Å². The van der Waals surface area contributed by atoms with Crippen molar-refractivity contribution in [2.75, 3.05) is 26.2 Å². The molecule has 0 aromatic heterocycles. The van der Waals surface area contributed by atoms with Gasteiger partial charge >= 0.3 is 0 Å². The molecule has 2 bridgehead atoms. The number of likely N-dealkylation sites (tertiary alicyclic amines) is 1. The van der Waals surface area contributed by atoms with Crippen molar-refractivity contribution in [2.24, 2.45) is 11.8 Å². The van der Waals surface area contributed by atoms with Crippen molar-refractivity contribution in [3.8, 4) is 0 Å². The first-order chi connectivity index (χ1) is 18.9. The molecule has 40 heavy (non-hydrogen) atoms. The van der Waals surface area contributed by atoms with E-state index in [4.69, 9.17) is 0 Å². The number of amides is 3. The highest BCUT2D eigenvalue weighted by molar-refractivity contribution is 8.02. The molecule has 1 aromatic rings. The average Bonchev–Trinajstić information content (AvgIpc) is 3.47. The Labute approximate surface area is 243 Å². The lowest BCUT2D eigenvalue weighted by Crippen LogP contribution is -2.58. The fourth-order valence-electron chi connectivity index (χ4n) is 7.08. The molecule has 0 aliphatic carbocycles. The fraction of sp³-hybridized carbons (Fsp3) is 0.594. The van der Waals surface area contributed by atoms with E-state index in [-0.39, 0.29) is 24.3 Å². The molecular weight excluding hydrogens is 522 g/mol. The lowest BCUT2D eigenvalue weighted by Gasteiger charge is -2.42. The maximum Gasteiger partial charge on any atom is 0.247 e. The van der Waals surface area contributed by atoms with Crippen LogP contribution < -0.4 is 0 Å². The van der Waals surface area contributed by atoms with E-state index >= 15 is 0 Å². The van der Waals surface area contributed by atoms with Gasteiger partial charge < -0.3 is 19.8 Å². The predicted octanol–water partition coefficient (Wildman–Crippen LogP) is 4.27. The van der Waals surface area contributed by atoms with Crippen LogP contribution in [0.2, 0.25) is 0 Å². The van der Waals surface area contributed by atoms with Crippen LogP contribution >= 0.6 is 11.8 Å². The summed E-state index contributed by atoms with van der Waals surface area (Å²) >= 11 is 1.70. The van der Waals surface area contributed by atoms with Crippen molar-refractivity contribution < 1.29 is 19.5 Å². The zero-order valence-electron chi connectivity index (χ0n) is 24.5. The van der Waals surface area contributed by atoms with Crippen molar-refractivity contribution in [1.82, 2.24) is 14.7 Å². The number of aliphatic hydroxyl groups excluding tert-OH is 1. The second-order valence-electron chi connectivity index (χ2n) is 12.6. The van der Waals surface area contributed by atoms with Crippen LogP contribution in [-0.4, -0.2) is 84.8 Å². The SMILES string of the molecule is C=CCN(Cc1ccccc1)C(=O)[C@H]1[C@H]2C(=O)N(CCCCO)C(C(=O)N(CC=C)C(C)(C)C)C23CC[C@]1(C)S3. The maximum absolute atomic E-state index is 14.5. The molecule has 1 spiro atoms. The van der Waals surface area contributed by atoms with Gasteiger partial charge in [0, 0.05) is 43.1 Å². The number of carbonyl (C=O) groups is 3. The van der Waals surface area contributed by atoms with Gasteiger partial charge in [0.25, 0.3) is 0 Å². The molecule has 2 unspecified atom stereocenters. The van der Waals surface area contributed by atoms with E-state index in [0.29, 0.717) is 45.4 Å². The molecule has 3 aliphatic rings. The lowest BCUT2D eigenvalue weighted by molar-refractivity contribution is -0.146. The summed E-state index contributed by atoms with van der Waals surface area (Å²) in [5.74, 6) is -1.31. The molecule has 1 N–H and O–H groups in total. The summed E-state index contributed by atoms with van der Waals surface area (Å²) in [5.41, 5.74) is 0.562. The van der Waals surface area contributed by atoms with Gasteiger partial charge in [-0.15, -0.1) is 24.9 Å². The zero-order chi connectivity index (χ0) is 29.3. The first kappa shape index (κ1) is 30.4. The van der Waals surface area contributed by atoms with E-state index in [0.717, 1.165) is 12.0 Å². The molecule has 3 fully saturated rings. The Balaban J connectivity index is 1.75. The molecular formula is C32H45N3O4S. The number of carbonyl (C=O) groups excluding carboxylic acids is 3. The number of fused-ring (bicyclic) bond motifs is 1. The van der Waals surface area contributed by atoms with Gasteiger partial charge in [-0.25, -0.2) is 0 Å². The monoisotopic (exact) mass is 567 g/mol. The number of thioether (sulfide) groups is 1. The van der Waals surface area contributed by atoms with Crippen LogP contribution in [0.25, 0.3) is 0 Å². The molecule has 0 saturated carbocycles. The largest absolute Gasteiger partial charge is 0.396 e. The molecule has 4 rings (SSSR count). The summed E-state index contributed by atoms with van der Waals surface area (Å²) in [6.07, 6.45) is 6.11. The molecule has 3 saturated heterocycles. The van der Waals surface area contributed by atoms with Crippen LogP contribution in [-0.2, 0) is 20.9 Å². The minimum atomic E-state index is -0.667. The highest BCUT2D eigenvalue weighted by atomic mass is 32.2. The van der Waals surface area contributed by atoms with Crippen LogP contribution in [0.15, 0.2) is 55.6 Å². The van der Waals surface area contributed by atoms with Crippen LogP contribution in [0.5, 0.6) is 0 Å². The van der Waals surface area contributed by atoms with E-state index < -0.39 is 32.9 Å². The van der Waals surface area contributed by atoms with Crippen LogP contribution in [0, 0.1) is 11.8 Å². The van der Waals surface area contributed by atoms with Gasteiger partial charge in [-0.1, -0.05) is 42.5 Å². The predicted molar refractivity (Wildman–Crippen MR) is 160 cm³/mol. The molecule has 1 aromatic carbocycles. The van der Waals surface area contributed by atoms with Gasteiger partial charge in [0.2, 0.25) is 17.7 Å². The standard InChI is InChI=1S/C32H45N3O4S/c1-7-18-33(22-23-14-10-9-11-15-23)27(37)24-25-28(38)34(20-12-13-21-36)26(32(25)17-16-31(24,6)40-32)29(39)35(19-8-2)30(3,4)5/h7-11,14-15,24-26,36H,1-2,12-13,16-22H2,3-6H3/t24-,25+,26?,31+,32?/m1/s1. The van der Waals surface area contributed by atoms with E-state index in [1.165, 1.54) is 0 Å². The van der Waals surface area contributed by atoms with Crippen molar-refractivity contribution in [3.05, 3.63) is 61.2 Å². The topological polar surface area (TPSA) is 81.2 Å². The number of aliphatic hydroxyl groups is 1. The van der Waals surface area contributed by atoms with Gasteiger partial charge in [0.05, 0.1) is 16.6 Å². The molecule has 218 valence electrons. The average molecular weight is 568 g/mol. The summed E-state index contributed by atoms with van der Waals surface area (Å²) in [4.78, 5) is 48.6. The van der Waals surface area contributed by atoms with Crippen molar-refractivity contribution in [3.63, 3.8) is 0 Å². The quantitative estimate of drug-likeness (QED) is 0.302. The van der Waals surface area contributed by atoms with Crippen molar-refractivity contribution in [1.29, 1.82) is 0 Å². The summed E-state index contributed by atoms with van der Waals surface area (Å²) in [7, 11) is 0. The number of rotatable bonds is 12. The summed E-state index contributed by atoms with van der Waals surface area (Å²) in [6.45, 7) is 17.5. The van der Waals surface area contributed by atoms with E-state index in [1.54, 1.807) is 28.8 Å². The molecule has 5 atom stereocenters. The minimum Gasteiger partial charge on any atom is -0.396 e. The number of hydrogen-bond acceptors (Lipinski definition) is 5. The third kappa shape index (κ3) is 5.25. The van der Waals surface area contributed by atoms with E-state index in [9.17, 15) is 19.5 Å². The normalized spacial score (nSPS) is 28.9. The van der Waals surface area contributed by atoms with Gasteiger partial charge in [-0.05, 0) is 58.9 Å². The molecule has 7 nitrogen and oxygen atoms in total. The third-order valence-electron chi connectivity index (χ3n) is 8.85. The van der Waals surface area contributed by atoms with Crippen molar-refractivity contribution >= 4 is 29.5 Å². The Morgan fingerprint density at radius 3 is 2.38 bits per heavy atom. The first-order valence-electron chi connectivity index (χ1n) is 14.4. The maximum atomic E-state index is 14.5. The number of nitrogens with zero attached hydrogens (tertiary/aromatic N) is 3.